The molecule has 1 fully saturated rings. The lowest BCUT2D eigenvalue weighted by Gasteiger charge is -2.20. The maximum Gasteiger partial charge on any atom is 0.0270 e. The van der Waals surface area contributed by atoms with E-state index in [2.05, 4.69) is 29.4 Å². The van der Waals surface area contributed by atoms with Gasteiger partial charge in [-0.25, -0.2) is 0 Å². The molecule has 1 saturated carbocycles. The van der Waals surface area contributed by atoms with E-state index in [9.17, 15) is 0 Å². The molecule has 0 radical (unpaired) electrons. The summed E-state index contributed by atoms with van der Waals surface area (Å²) in [6.45, 7) is 3.42. The predicted molar refractivity (Wildman–Crippen MR) is 67.4 cm³/mol. The van der Waals surface area contributed by atoms with Crippen molar-refractivity contribution in [2.24, 2.45) is 5.92 Å². The fraction of sp³-hybridized carbons (Fsp3) is 0.643. The van der Waals surface area contributed by atoms with Gasteiger partial charge in [0.05, 0.1) is 0 Å². The van der Waals surface area contributed by atoms with Crippen molar-refractivity contribution in [1.82, 2.24) is 10.3 Å². The maximum atomic E-state index is 4.03. The summed E-state index contributed by atoms with van der Waals surface area (Å²) in [5.74, 6) is 0.914. The quantitative estimate of drug-likeness (QED) is 0.822. The van der Waals surface area contributed by atoms with Crippen molar-refractivity contribution in [3.63, 3.8) is 0 Å². The van der Waals surface area contributed by atoms with Crippen LogP contribution in [-0.4, -0.2) is 17.6 Å². The zero-order chi connectivity index (χ0) is 11.2. The highest BCUT2D eigenvalue weighted by atomic mass is 14.9. The SMILES string of the molecule is C[C@H](NCCc1ccncc1)C1CCCC1. The molecule has 0 saturated heterocycles. The Labute approximate surface area is 98.5 Å². The molecule has 1 aromatic heterocycles. The summed E-state index contributed by atoms with van der Waals surface area (Å²) >= 11 is 0. The van der Waals surface area contributed by atoms with Crippen molar-refractivity contribution in [1.29, 1.82) is 0 Å². The third-order valence-corrected chi connectivity index (χ3v) is 3.74. The lowest BCUT2D eigenvalue weighted by atomic mass is 10.00. The molecule has 1 heterocycles. The van der Waals surface area contributed by atoms with Crippen LogP contribution in [0.25, 0.3) is 0 Å². The molecule has 1 aliphatic rings. The summed E-state index contributed by atoms with van der Waals surface area (Å²) in [6.07, 6.45) is 10.6. The number of aromatic nitrogens is 1. The van der Waals surface area contributed by atoms with Gasteiger partial charge in [0.15, 0.2) is 0 Å². The van der Waals surface area contributed by atoms with E-state index < -0.39 is 0 Å². The van der Waals surface area contributed by atoms with Crippen LogP contribution in [0.15, 0.2) is 24.5 Å². The van der Waals surface area contributed by atoms with Gasteiger partial charge in [0.25, 0.3) is 0 Å². The zero-order valence-corrected chi connectivity index (χ0v) is 10.2. The van der Waals surface area contributed by atoms with Crippen LogP contribution in [0.5, 0.6) is 0 Å². The highest BCUT2D eigenvalue weighted by Crippen LogP contribution is 2.27. The largest absolute Gasteiger partial charge is 0.314 e. The van der Waals surface area contributed by atoms with Crippen LogP contribution in [0.2, 0.25) is 0 Å². The molecule has 16 heavy (non-hydrogen) atoms. The number of hydrogen-bond donors (Lipinski definition) is 1. The minimum absolute atomic E-state index is 0.685. The fourth-order valence-corrected chi connectivity index (χ4v) is 2.62. The van der Waals surface area contributed by atoms with Crippen LogP contribution in [0.1, 0.15) is 38.2 Å². The van der Waals surface area contributed by atoms with Crippen molar-refractivity contribution < 1.29 is 0 Å². The van der Waals surface area contributed by atoms with E-state index >= 15 is 0 Å². The number of hydrogen-bond acceptors (Lipinski definition) is 2. The minimum atomic E-state index is 0.685. The molecule has 0 amide bonds. The van der Waals surface area contributed by atoms with Crippen LogP contribution in [0.4, 0.5) is 0 Å². The van der Waals surface area contributed by atoms with Gasteiger partial charge >= 0.3 is 0 Å². The average molecular weight is 218 g/mol. The molecule has 0 unspecified atom stereocenters. The molecular formula is C14H22N2. The second kappa shape index (κ2) is 6.00. The molecular weight excluding hydrogens is 196 g/mol. The van der Waals surface area contributed by atoms with E-state index in [4.69, 9.17) is 0 Å². The van der Waals surface area contributed by atoms with Crippen molar-refractivity contribution in [3.05, 3.63) is 30.1 Å². The molecule has 0 bridgehead atoms. The van der Waals surface area contributed by atoms with Gasteiger partial charge in [-0.2, -0.15) is 0 Å². The Morgan fingerprint density at radius 1 is 1.31 bits per heavy atom. The summed E-state index contributed by atoms with van der Waals surface area (Å²) in [5.41, 5.74) is 1.38. The number of pyridine rings is 1. The van der Waals surface area contributed by atoms with Crippen molar-refractivity contribution in [3.8, 4) is 0 Å². The first-order chi connectivity index (χ1) is 7.86. The molecule has 2 heteroatoms. The molecule has 1 aliphatic carbocycles. The van der Waals surface area contributed by atoms with Crippen molar-refractivity contribution in [2.75, 3.05) is 6.54 Å². The molecule has 1 aromatic rings. The van der Waals surface area contributed by atoms with Gasteiger partial charge in [-0.15, -0.1) is 0 Å². The smallest absolute Gasteiger partial charge is 0.0270 e. The van der Waals surface area contributed by atoms with E-state index in [-0.39, 0.29) is 0 Å². The van der Waals surface area contributed by atoms with E-state index in [1.807, 2.05) is 12.4 Å². The standard InChI is InChI=1S/C14H22N2/c1-12(14-4-2-3-5-14)16-11-8-13-6-9-15-10-7-13/h6-7,9-10,12,14,16H,2-5,8,11H2,1H3/t12-/m0/s1. The summed E-state index contributed by atoms with van der Waals surface area (Å²) in [4.78, 5) is 4.03. The van der Waals surface area contributed by atoms with Crippen molar-refractivity contribution in [2.45, 2.75) is 45.1 Å². The second-order valence-corrected chi connectivity index (χ2v) is 4.89. The third-order valence-electron chi connectivity index (χ3n) is 3.74. The van der Waals surface area contributed by atoms with Gasteiger partial charge in [-0.1, -0.05) is 12.8 Å². The van der Waals surface area contributed by atoms with Gasteiger partial charge in [0.2, 0.25) is 0 Å². The summed E-state index contributed by atoms with van der Waals surface area (Å²) < 4.78 is 0. The molecule has 2 rings (SSSR count). The van der Waals surface area contributed by atoms with Gasteiger partial charge in [-0.3, -0.25) is 4.98 Å². The normalized spacial score (nSPS) is 18.8. The molecule has 1 N–H and O–H groups in total. The Bertz CT molecular complexity index is 291. The van der Waals surface area contributed by atoms with Gasteiger partial charge in [0, 0.05) is 18.4 Å². The predicted octanol–water partition coefficient (Wildman–Crippen LogP) is 2.79. The highest BCUT2D eigenvalue weighted by Gasteiger charge is 2.20. The number of nitrogens with one attached hydrogen (secondary N) is 1. The van der Waals surface area contributed by atoms with Crippen LogP contribution < -0.4 is 5.32 Å². The highest BCUT2D eigenvalue weighted by molar-refractivity contribution is 5.09. The van der Waals surface area contributed by atoms with E-state index in [0.717, 1.165) is 18.9 Å². The summed E-state index contributed by atoms with van der Waals surface area (Å²) in [5, 5.41) is 3.65. The van der Waals surface area contributed by atoms with Gasteiger partial charge < -0.3 is 5.32 Å². The lowest BCUT2D eigenvalue weighted by molar-refractivity contribution is 0.384. The van der Waals surface area contributed by atoms with Crippen molar-refractivity contribution >= 4 is 0 Å². The fourth-order valence-electron chi connectivity index (χ4n) is 2.62. The molecule has 0 aliphatic heterocycles. The summed E-state index contributed by atoms with van der Waals surface area (Å²) in [7, 11) is 0. The lowest BCUT2D eigenvalue weighted by Crippen LogP contribution is -2.33. The maximum absolute atomic E-state index is 4.03. The van der Waals surface area contributed by atoms with Crippen LogP contribution in [0.3, 0.4) is 0 Å². The first-order valence-corrected chi connectivity index (χ1v) is 6.48. The number of rotatable bonds is 5. The van der Waals surface area contributed by atoms with E-state index in [1.54, 1.807) is 0 Å². The topological polar surface area (TPSA) is 24.9 Å². The Hall–Kier alpha value is -0.890. The third kappa shape index (κ3) is 3.31. The van der Waals surface area contributed by atoms with Crippen LogP contribution >= 0.6 is 0 Å². The Morgan fingerprint density at radius 3 is 2.69 bits per heavy atom. The first-order valence-electron chi connectivity index (χ1n) is 6.48. The van der Waals surface area contributed by atoms with Gasteiger partial charge in [-0.05, 0) is 56.3 Å². The summed E-state index contributed by atoms with van der Waals surface area (Å²) in [6, 6.07) is 4.88. The van der Waals surface area contributed by atoms with Crippen LogP contribution in [-0.2, 0) is 6.42 Å². The molecule has 2 nitrogen and oxygen atoms in total. The Balaban J connectivity index is 1.67. The zero-order valence-electron chi connectivity index (χ0n) is 10.2. The second-order valence-electron chi connectivity index (χ2n) is 4.89. The van der Waals surface area contributed by atoms with E-state index in [0.29, 0.717) is 6.04 Å². The average Bonchev–Trinajstić information content (AvgIpc) is 2.84. The minimum Gasteiger partial charge on any atom is -0.314 e. The van der Waals surface area contributed by atoms with E-state index in [1.165, 1.54) is 31.2 Å². The molecule has 0 spiro atoms. The molecule has 1 atom stereocenters. The first kappa shape index (κ1) is 11.6. The Kier molecular flexibility index (Phi) is 4.34. The van der Waals surface area contributed by atoms with Gasteiger partial charge in [0.1, 0.15) is 0 Å². The Morgan fingerprint density at radius 2 is 2.00 bits per heavy atom. The number of nitrogens with zero attached hydrogens (tertiary/aromatic N) is 1. The van der Waals surface area contributed by atoms with Crippen LogP contribution in [0, 0.1) is 5.92 Å². The molecule has 88 valence electrons. The monoisotopic (exact) mass is 218 g/mol. The molecule has 0 aromatic carbocycles.